The highest BCUT2D eigenvalue weighted by molar-refractivity contribution is 6.30. The number of halogens is 1. The number of carboxylic acid groups (broad SMARTS) is 1. The van der Waals surface area contributed by atoms with Crippen LogP contribution in [0.1, 0.15) is 30.0 Å². The molecule has 142 valence electrons. The zero-order valence-electron chi connectivity index (χ0n) is 15.6. The first-order valence-electron chi connectivity index (χ1n) is 9.35. The van der Waals surface area contributed by atoms with Gasteiger partial charge in [0, 0.05) is 35.6 Å². The van der Waals surface area contributed by atoms with Crippen molar-refractivity contribution in [3.63, 3.8) is 0 Å². The van der Waals surface area contributed by atoms with Crippen LogP contribution >= 0.6 is 11.6 Å². The molecule has 3 atom stereocenters. The van der Waals surface area contributed by atoms with E-state index in [9.17, 15) is 4.79 Å². The molecule has 4 rings (SSSR count). The van der Waals surface area contributed by atoms with Gasteiger partial charge in [0.1, 0.15) is 5.75 Å². The second-order valence-electron chi connectivity index (χ2n) is 7.94. The molecule has 1 unspecified atom stereocenters. The van der Waals surface area contributed by atoms with Gasteiger partial charge in [-0.05, 0) is 49.9 Å². The van der Waals surface area contributed by atoms with E-state index < -0.39 is 12.1 Å². The summed E-state index contributed by atoms with van der Waals surface area (Å²) in [5, 5.41) is 9.77. The van der Waals surface area contributed by atoms with Crippen molar-refractivity contribution in [2.24, 2.45) is 5.92 Å². The Hall–Kier alpha value is -2.04. The zero-order valence-corrected chi connectivity index (χ0v) is 16.4. The SMILES string of the molecule is Cc1ccc([C@]23C[C@H]2CN(Cc2cc(Cl)ccc2OC(C)C(=O)O)C3)cc1. The summed E-state index contributed by atoms with van der Waals surface area (Å²) in [4.78, 5) is 13.6. The molecule has 0 radical (unpaired) electrons. The summed E-state index contributed by atoms with van der Waals surface area (Å²) in [6, 6.07) is 14.3. The van der Waals surface area contributed by atoms with Crippen molar-refractivity contribution in [3.8, 4) is 5.75 Å². The quantitative estimate of drug-likeness (QED) is 0.806. The molecule has 0 bridgehead atoms. The van der Waals surface area contributed by atoms with Crippen LogP contribution in [0.4, 0.5) is 0 Å². The number of nitrogens with zero attached hydrogens (tertiary/aromatic N) is 1. The Balaban J connectivity index is 1.50. The summed E-state index contributed by atoms with van der Waals surface area (Å²) in [5.41, 5.74) is 3.94. The molecule has 0 amide bonds. The number of carbonyl (C=O) groups is 1. The van der Waals surface area contributed by atoms with Gasteiger partial charge in [0.25, 0.3) is 0 Å². The maximum absolute atomic E-state index is 11.1. The van der Waals surface area contributed by atoms with E-state index in [0.29, 0.717) is 23.2 Å². The van der Waals surface area contributed by atoms with Crippen LogP contribution in [0.3, 0.4) is 0 Å². The standard InChI is InChI=1S/C22H24ClNO3/c1-14-3-5-17(6-4-14)22-10-18(22)12-24(13-22)11-16-9-19(23)7-8-20(16)27-15(2)21(25)26/h3-9,15,18H,10-13H2,1-2H3,(H,25,26)/t15?,18-,22+/m0/s1. The van der Waals surface area contributed by atoms with Crippen LogP contribution in [0, 0.1) is 12.8 Å². The molecule has 2 aromatic rings. The van der Waals surface area contributed by atoms with Gasteiger partial charge in [-0.3, -0.25) is 4.90 Å². The van der Waals surface area contributed by atoms with Crippen molar-refractivity contribution in [2.45, 2.75) is 38.3 Å². The first kappa shape index (κ1) is 18.3. The fourth-order valence-electron chi connectivity index (χ4n) is 4.31. The average Bonchev–Trinajstić information content (AvgIpc) is 3.19. The number of hydrogen-bond acceptors (Lipinski definition) is 3. The predicted molar refractivity (Wildman–Crippen MR) is 105 cm³/mol. The molecule has 2 aromatic carbocycles. The van der Waals surface area contributed by atoms with Gasteiger partial charge in [0.15, 0.2) is 6.10 Å². The van der Waals surface area contributed by atoms with Crippen LogP contribution in [0.5, 0.6) is 5.75 Å². The van der Waals surface area contributed by atoms with E-state index in [1.54, 1.807) is 12.1 Å². The molecule has 0 aromatic heterocycles. The lowest BCUT2D eigenvalue weighted by atomic mass is 9.94. The van der Waals surface area contributed by atoms with Crippen LogP contribution in [0.15, 0.2) is 42.5 Å². The summed E-state index contributed by atoms with van der Waals surface area (Å²) in [7, 11) is 0. The molecular formula is C22H24ClNO3. The van der Waals surface area contributed by atoms with Gasteiger partial charge in [-0.2, -0.15) is 0 Å². The highest BCUT2D eigenvalue weighted by Crippen LogP contribution is 2.59. The number of carboxylic acids is 1. The van der Waals surface area contributed by atoms with E-state index in [-0.39, 0.29) is 5.41 Å². The Morgan fingerprint density at radius 3 is 2.78 bits per heavy atom. The lowest BCUT2D eigenvalue weighted by Crippen LogP contribution is -2.27. The molecule has 5 heteroatoms. The van der Waals surface area contributed by atoms with E-state index in [1.165, 1.54) is 24.5 Å². The molecule has 27 heavy (non-hydrogen) atoms. The second kappa shape index (κ2) is 6.84. The zero-order chi connectivity index (χ0) is 19.2. The molecule has 2 fully saturated rings. The fourth-order valence-corrected chi connectivity index (χ4v) is 4.50. The van der Waals surface area contributed by atoms with Crippen LogP contribution in [-0.4, -0.2) is 35.2 Å². The Morgan fingerprint density at radius 2 is 2.07 bits per heavy atom. The Morgan fingerprint density at radius 1 is 1.33 bits per heavy atom. The van der Waals surface area contributed by atoms with Crippen molar-refractivity contribution >= 4 is 17.6 Å². The van der Waals surface area contributed by atoms with Gasteiger partial charge in [-0.25, -0.2) is 4.79 Å². The largest absolute Gasteiger partial charge is 0.479 e. The topological polar surface area (TPSA) is 49.8 Å². The van der Waals surface area contributed by atoms with Crippen molar-refractivity contribution in [1.82, 2.24) is 4.90 Å². The minimum Gasteiger partial charge on any atom is -0.479 e. The monoisotopic (exact) mass is 385 g/mol. The lowest BCUT2D eigenvalue weighted by Gasteiger charge is -2.23. The molecule has 1 saturated carbocycles. The van der Waals surface area contributed by atoms with Gasteiger partial charge in [-0.15, -0.1) is 0 Å². The van der Waals surface area contributed by atoms with Crippen LogP contribution < -0.4 is 4.74 Å². The lowest BCUT2D eigenvalue weighted by molar-refractivity contribution is -0.144. The molecular weight excluding hydrogens is 362 g/mol. The van der Waals surface area contributed by atoms with Gasteiger partial charge in [-0.1, -0.05) is 41.4 Å². The third kappa shape index (κ3) is 3.56. The first-order valence-corrected chi connectivity index (χ1v) is 9.72. The number of aryl methyl sites for hydroxylation is 1. The number of hydrogen-bond donors (Lipinski definition) is 1. The van der Waals surface area contributed by atoms with Crippen molar-refractivity contribution in [3.05, 3.63) is 64.2 Å². The van der Waals surface area contributed by atoms with Crippen molar-refractivity contribution in [2.75, 3.05) is 13.1 Å². The van der Waals surface area contributed by atoms with Gasteiger partial charge in [0.2, 0.25) is 0 Å². The second-order valence-corrected chi connectivity index (χ2v) is 8.38. The van der Waals surface area contributed by atoms with Gasteiger partial charge >= 0.3 is 5.97 Å². The first-order chi connectivity index (χ1) is 12.9. The van der Waals surface area contributed by atoms with Gasteiger partial charge in [0.05, 0.1) is 0 Å². The number of aliphatic carboxylic acids is 1. The highest BCUT2D eigenvalue weighted by atomic mass is 35.5. The van der Waals surface area contributed by atoms with Crippen LogP contribution in [0.25, 0.3) is 0 Å². The van der Waals surface area contributed by atoms with E-state index in [2.05, 4.69) is 36.1 Å². The predicted octanol–water partition coefficient (Wildman–Crippen LogP) is 4.27. The fraction of sp³-hybridized carbons (Fsp3) is 0.409. The number of benzene rings is 2. The number of rotatable bonds is 6. The number of likely N-dealkylation sites (tertiary alicyclic amines) is 1. The number of ether oxygens (including phenoxy) is 1. The summed E-state index contributed by atoms with van der Waals surface area (Å²) < 4.78 is 5.65. The van der Waals surface area contributed by atoms with Crippen molar-refractivity contribution in [1.29, 1.82) is 0 Å². The molecule has 1 heterocycles. The van der Waals surface area contributed by atoms with Crippen molar-refractivity contribution < 1.29 is 14.6 Å². The van der Waals surface area contributed by atoms with Crippen LogP contribution in [0.2, 0.25) is 5.02 Å². The molecule has 2 aliphatic rings. The highest BCUT2D eigenvalue weighted by Gasteiger charge is 2.60. The number of piperidine rings is 1. The molecule has 1 aliphatic carbocycles. The molecule has 1 saturated heterocycles. The minimum absolute atomic E-state index is 0.279. The maximum Gasteiger partial charge on any atom is 0.344 e. The summed E-state index contributed by atoms with van der Waals surface area (Å²) in [6.45, 7) is 6.44. The molecule has 4 nitrogen and oxygen atoms in total. The number of fused-ring (bicyclic) bond motifs is 1. The molecule has 1 N–H and O–H groups in total. The average molecular weight is 386 g/mol. The Labute approximate surface area is 164 Å². The third-order valence-corrected chi connectivity index (χ3v) is 6.15. The third-order valence-electron chi connectivity index (χ3n) is 5.91. The van der Waals surface area contributed by atoms with E-state index in [1.807, 2.05) is 6.07 Å². The Bertz CT molecular complexity index is 866. The van der Waals surface area contributed by atoms with Gasteiger partial charge < -0.3 is 9.84 Å². The van der Waals surface area contributed by atoms with Crippen LogP contribution in [-0.2, 0) is 16.8 Å². The molecule has 0 spiro atoms. The maximum atomic E-state index is 11.1. The molecule has 1 aliphatic heterocycles. The van der Waals surface area contributed by atoms with E-state index in [4.69, 9.17) is 21.4 Å². The summed E-state index contributed by atoms with van der Waals surface area (Å²) in [5.74, 6) is 0.317. The smallest absolute Gasteiger partial charge is 0.344 e. The Kier molecular flexibility index (Phi) is 4.65. The summed E-state index contributed by atoms with van der Waals surface area (Å²) in [6.07, 6.45) is 0.359. The van der Waals surface area contributed by atoms with E-state index in [0.717, 1.165) is 18.7 Å². The van der Waals surface area contributed by atoms with E-state index >= 15 is 0 Å². The summed E-state index contributed by atoms with van der Waals surface area (Å²) >= 11 is 6.19. The minimum atomic E-state index is -0.975. The normalized spacial score (nSPS) is 25.1.